The number of amides is 2. The maximum absolute atomic E-state index is 11.9. The molecule has 0 aromatic heterocycles. The van der Waals surface area contributed by atoms with Gasteiger partial charge in [0, 0.05) is 30.1 Å². The molecule has 0 aliphatic rings. The van der Waals surface area contributed by atoms with E-state index in [-0.39, 0.29) is 24.3 Å². The third-order valence-corrected chi connectivity index (χ3v) is 3.18. The fourth-order valence-corrected chi connectivity index (χ4v) is 2.00. The minimum atomic E-state index is -0.796. The summed E-state index contributed by atoms with van der Waals surface area (Å²) in [6.45, 7) is 4.28. The summed E-state index contributed by atoms with van der Waals surface area (Å²) in [5.74, 6) is -1.15. The third-order valence-electron chi connectivity index (χ3n) is 3.18. The maximum atomic E-state index is 11.9. The number of carboxylic acids is 1. The zero-order chi connectivity index (χ0) is 17.2. The normalized spacial score (nSPS) is 10.4. The number of rotatable bonds is 9. The summed E-state index contributed by atoms with van der Waals surface area (Å²) in [6, 6.07) is 6.55. The molecule has 0 heterocycles. The molecule has 3 N–H and O–H groups in total. The Labute approximate surface area is 136 Å². The minimum Gasteiger partial charge on any atom is -0.481 e. The van der Waals surface area contributed by atoms with Crippen LogP contribution in [0.1, 0.15) is 60.2 Å². The van der Waals surface area contributed by atoms with Crippen molar-refractivity contribution in [2.45, 2.75) is 45.6 Å². The molecule has 0 bridgehead atoms. The van der Waals surface area contributed by atoms with Gasteiger partial charge in [0.25, 0.3) is 11.8 Å². The van der Waals surface area contributed by atoms with Crippen molar-refractivity contribution in [1.82, 2.24) is 10.6 Å². The first kappa shape index (κ1) is 18.7. The zero-order valence-corrected chi connectivity index (χ0v) is 13.6. The zero-order valence-electron chi connectivity index (χ0n) is 13.6. The number of carbonyl (C=O) groups excluding carboxylic acids is 2. The second-order valence-corrected chi connectivity index (χ2v) is 5.67. The summed E-state index contributed by atoms with van der Waals surface area (Å²) in [5.41, 5.74) is 1.01. The lowest BCUT2D eigenvalue weighted by Crippen LogP contribution is -2.30. The van der Waals surface area contributed by atoms with Crippen molar-refractivity contribution in [1.29, 1.82) is 0 Å². The Bertz CT molecular complexity index is 538. The van der Waals surface area contributed by atoms with Crippen LogP contribution in [0.15, 0.2) is 24.3 Å². The van der Waals surface area contributed by atoms with Gasteiger partial charge in [-0.05, 0) is 51.0 Å². The molecule has 0 aliphatic heterocycles. The van der Waals surface area contributed by atoms with E-state index in [1.807, 2.05) is 13.8 Å². The van der Waals surface area contributed by atoms with Crippen molar-refractivity contribution >= 4 is 17.8 Å². The van der Waals surface area contributed by atoms with Crippen LogP contribution in [0, 0.1) is 0 Å². The van der Waals surface area contributed by atoms with E-state index in [0.717, 1.165) is 12.8 Å². The summed E-state index contributed by atoms with van der Waals surface area (Å²) in [4.78, 5) is 34.1. The molecule has 6 nitrogen and oxygen atoms in total. The van der Waals surface area contributed by atoms with E-state index in [1.54, 1.807) is 24.3 Å². The Morgan fingerprint density at radius 2 is 1.52 bits per heavy atom. The molecule has 0 aliphatic carbocycles. The Hall–Kier alpha value is -2.37. The van der Waals surface area contributed by atoms with Gasteiger partial charge in [0.05, 0.1) is 0 Å². The van der Waals surface area contributed by atoms with Gasteiger partial charge < -0.3 is 15.7 Å². The molecule has 0 atom stereocenters. The first-order chi connectivity index (χ1) is 10.9. The molecule has 0 saturated carbocycles. The molecule has 2 amide bonds. The molecule has 0 spiro atoms. The van der Waals surface area contributed by atoms with Crippen molar-refractivity contribution in [3.63, 3.8) is 0 Å². The van der Waals surface area contributed by atoms with Crippen molar-refractivity contribution in [2.75, 3.05) is 6.54 Å². The number of nitrogens with one attached hydrogen (secondary N) is 2. The van der Waals surface area contributed by atoms with Crippen LogP contribution in [0.25, 0.3) is 0 Å². The van der Waals surface area contributed by atoms with Crippen molar-refractivity contribution < 1.29 is 19.5 Å². The van der Waals surface area contributed by atoms with E-state index in [9.17, 15) is 14.4 Å². The quantitative estimate of drug-likeness (QED) is 0.608. The highest BCUT2D eigenvalue weighted by molar-refractivity contribution is 5.97. The molecule has 0 fully saturated rings. The molecule has 1 aromatic carbocycles. The predicted octanol–water partition coefficient (Wildman–Crippen LogP) is 2.20. The first-order valence-corrected chi connectivity index (χ1v) is 7.81. The number of carbonyl (C=O) groups is 3. The van der Waals surface area contributed by atoms with Crippen molar-refractivity contribution in [3.05, 3.63) is 35.4 Å². The lowest BCUT2D eigenvalue weighted by atomic mass is 10.1. The largest absolute Gasteiger partial charge is 0.481 e. The SMILES string of the molecule is CC(C)NC(=O)c1ccc(C(=O)NCCCCCC(=O)O)cc1. The second-order valence-electron chi connectivity index (χ2n) is 5.67. The van der Waals surface area contributed by atoms with Gasteiger partial charge in [0.1, 0.15) is 0 Å². The standard InChI is InChI=1S/C17H24N2O4/c1-12(2)19-17(23)14-9-7-13(8-10-14)16(22)18-11-5-3-4-6-15(20)21/h7-10,12H,3-6,11H2,1-2H3,(H,18,22)(H,19,23)(H,20,21). The Balaban J connectivity index is 2.36. The maximum Gasteiger partial charge on any atom is 0.303 e. The molecule has 0 unspecified atom stereocenters. The van der Waals surface area contributed by atoms with Crippen LogP contribution in [-0.4, -0.2) is 35.5 Å². The molecule has 6 heteroatoms. The lowest BCUT2D eigenvalue weighted by molar-refractivity contribution is -0.137. The molecule has 1 rings (SSSR count). The molecule has 126 valence electrons. The number of aliphatic carboxylic acids is 1. The van der Waals surface area contributed by atoms with E-state index >= 15 is 0 Å². The summed E-state index contributed by atoms with van der Waals surface area (Å²) < 4.78 is 0. The summed E-state index contributed by atoms with van der Waals surface area (Å²) >= 11 is 0. The number of benzene rings is 1. The van der Waals surface area contributed by atoms with E-state index < -0.39 is 5.97 Å². The number of hydrogen-bond acceptors (Lipinski definition) is 3. The van der Waals surface area contributed by atoms with Gasteiger partial charge in [-0.3, -0.25) is 14.4 Å². The van der Waals surface area contributed by atoms with Crippen LogP contribution < -0.4 is 10.6 Å². The fraction of sp³-hybridized carbons (Fsp3) is 0.471. The fourth-order valence-electron chi connectivity index (χ4n) is 2.00. The van der Waals surface area contributed by atoms with E-state index in [1.165, 1.54) is 0 Å². The summed E-state index contributed by atoms with van der Waals surface area (Å²) in [7, 11) is 0. The van der Waals surface area contributed by atoms with Gasteiger partial charge >= 0.3 is 5.97 Å². The Morgan fingerprint density at radius 3 is 2.04 bits per heavy atom. The monoisotopic (exact) mass is 320 g/mol. The van der Waals surface area contributed by atoms with E-state index in [0.29, 0.717) is 24.1 Å². The second kappa shape index (κ2) is 9.61. The highest BCUT2D eigenvalue weighted by Crippen LogP contribution is 2.05. The Kier molecular flexibility index (Phi) is 7.80. The minimum absolute atomic E-state index is 0.0617. The van der Waals surface area contributed by atoms with Crippen molar-refractivity contribution in [3.8, 4) is 0 Å². The third kappa shape index (κ3) is 7.44. The van der Waals surface area contributed by atoms with E-state index in [4.69, 9.17) is 5.11 Å². The van der Waals surface area contributed by atoms with Crippen LogP contribution in [0.4, 0.5) is 0 Å². The number of unbranched alkanes of at least 4 members (excludes halogenated alkanes) is 2. The van der Waals surface area contributed by atoms with Gasteiger partial charge in [-0.1, -0.05) is 6.42 Å². The summed E-state index contributed by atoms with van der Waals surface area (Å²) in [5, 5.41) is 14.1. The van der Waals surface area contributed by atoms with Gasteiger partial charge in [0.2, 0.25) is 0 Å². The van der Waals surface area contributed by atoms with Crippen LogP contribution >= 0.6 is 0 Å². The molecule has 23 heavy (non-hydrogen) atoms. The lowest BCUT2D eigenvalue weighted by Gasteiger charge is -2.09. The average Bonchev–Trinajstić information content (AvgIpc) is 2.49. The van der Waals surface area contributed by atoms with Gasteiger partial charge in [-0.15, -0.1) is 0 Å². The number of hydrogen-bond donors (Lipinski definition) is 3. The topological polar surface area (TPSA) is 95.5 Å². The molecule has 1 aromatic rings. The van der Waals surface area contributed by atoms with Gasteiger partial charge in [-0.25, -0.2) is 0 Å². The molecular weight excluding hydrogens is 296 g/mol. The van der Waals surface area contributed by atoms with Crippen LogP contribution in [0.3, 0.4) is 0 Å². The molecule has 0 radical (unpaired) electrons. The van der Waals surface area contributed by atoms with Gasteiger partial charge in [-0.2, -0.15) is 0 Å². The Morgan fingerprint density at radius 1 is 0.957 bits per heavy atom. The van der Waals surface area contributed by atoms with Crippen molar-refractivity contribution in [2.24, 2.45) is 0 Å². The van der Waals surface area contributed by atoms with Crippen LogP contribution in [0.2, 0.25) is 0 Å². The average molecular weight is 320 g/mol. The first-order valence-electron chi connectivity index (χ1n) is 7.81. The molecular formula is C17H24N2O4. The highest BCUT2D eigenvalue weighted by atomic mass is 16.4. The van der Waals surface area contributed by atoms with Crippen LogP contribution in [-0.2, 0) is 4.79 Å². The highest BCUT2D eigenvalue weighted by Gasteiger charge is 2.09. The smallest absolute Gasteiger partial charge is 0.303 e. The number of carboxylic acid groups (broad SMARTS) is 1. The van der Waals surface area contributed by atoms with E-state index in [2.05, 4.69) is 10.6 Å². The predicted molar refractivity (Wildman–Crippen MR) is 87.5 cm³/mol. The van der Waals surface area contributed by atoms with Crippen LogP contribution in [0.5, 0.6) is 0 Å². The van der Waals surface area contributed by atoms with Gasteiger partial charge in [0.15, 0.2) is 0 Å². The summed E-state index contributed by atoms with van der Waals surface area (Å²) in [6.07, 6.45) is 2.29. The molecule has 0 saturated heterocycles.